The molecule has 0 fully saturated rings. The number of rotatable bonds is 5. The highest BCUT2D eigenvalue weighted by atomic mass is 32.2. The van der Waals surface area contributed by atoms with Crippen molar-refractivity contribution in [1.29, 1.82) is 0 Å². The number of carbonyl (C=O) groups is 1. The van der Waals surface area contributed by atoms with Gasteiger partial charge in [-0.05, 0) is 18.2 Å². The Morgan fingerprint density at radius 1 is 1.38 bits per heavy atom. The second-order valence-electron chi connectivity index (χ2n) is 4.61. The third kappa shape index (κ3) is 3.96. The van der Waals surface area contributed by atoms with Crippen LogP contribution in [-0.4, -0.2) is 55.0 Å². The van der Waals surface area contributed by atoms with Crippen LogP contribution in [0.3, 0.4) is 0 Å². The van der Waals surface area contributed by atoms with E-state index in [4.69, 9.17) is 0 Å². The SMILES string of the molecule is CN(CCNC(=O)c1cnc2ncccc2c1)S(C)(=O)=O. The number of aromatic nitrogens is 2. The zero-order valence-corrected chi connectivity index (χ0v) is 12.6. The molecule has 7 nitrogen and oxygen atoms in total. The van der Waals surface area contributed by atoms with Crippen molar-refractivity contribution in [2.45, 2.75) is 0 Å². The molecule has 0 spiro atoms. The smallest absolute Gasteiger partial charge is 0.252 e. The number of pyridine rings is 2. The first-order valence-corrected chi connectivity index (χ1v) is 8.13. The molecule has 21 heavy (non-hydrogen) atoms. The van der Waals surface area contributed by atoms with Gasteiger partial charge in [0.25, 0.3) is 5.91 Å². The Hall–Kier alpha value is -2.06. The number of nitrogens with zero attached hydrogens (tertiary/aromatic N) is 3. The first-order chi connectivity index (χ1) is 9.88. The minimum Gasteiger partial charge on any atom is -0.351 e. The molecule has 2 aromatic heterocycles. The van der Waals surface area contributed by atoms with Crippen molar-refractivity contribution in [3.8, 4) is 0 Å². The Morgan fingerprint density at radius 2 is 2.14 bits per heavy atom. The Morgan fingerprint density at radius 3 is 2.86 bits per heavy atom. The zero-order chi connectivity index (χ0) is 15.5. The van der Waals surface area contributed by atoms with Gasteiger partial charge >= 0.3 is 0 Å². The van der Waals surface area contributed by atoms with Gasteiger partial charge in [0.1, 0.15) is 0 Å². The summed E-state index contributed by atoms with van der Waals surface area (Å²) in [6, 6.07) is 5.29. The average molecular weight is 308 g/mol. The third-order valence-corrected chi connectivity index (χ3v) is 4.31. The number of fused-ring (bicyclic) bond motifs is 1. The van der Waals surface area contributed by atoms with Crippen LogP contribution in [0.1, 0.15) is 10.4 Å². The van der Waals surface area contributed by atoms with Crippen LogP contribution in [0.25, 0.3) is 11.0 Å². The first kappa shape index (κ1) is 15.3. The molecular formula is C13H16N4O3S. The van der Waals surface area contributed by atoms with Crippen LogP contribution in [0, 0.1) is 0 Å². The van der Waals surface area contributed by atoms with Crippen molar-refractivity contribution in [2.75, 3.05) is 26.4 Å². The van der Waals surface area contributed by atoms with E-state index in [1.54, 1.807) is 18.3 Å². The maximum atomic E-state index is 12.0. The van der Waals surface area contributed by atoms with Crippen molar-refractivity contribution in [3.05, 3.63) is 36.2 Å². The van der Waals surface area contributed by atoms with E-state index in [1.807, 2.05) is 6.07 Å². The molecule has 2 heterocycles. The summed E-state index contributed by atoms with van der Waals surface area (Å²) < 4.78 is 23.6. The Bertz CT molecular complexity index is 761. The van der Waals surface area contributed by atoms with Crippen molar-refractivity contribution < 1.29 is 13.2 Å². The largest absolute Gasteiger partial charge is 0.351 e. The summed E-state index contributed by atoms with van der Waals surface area (Å²) in [5, 5.41) is 3.44. The van der Waals surface area contributed by atoms with Gasteiger partial charge in [-0.1, -0.05) is 0 Å². The second-order valence-corrected chi connectivity index (χ2v) is 6.70. The van der Waals surface area contributed by atoms with E-state index in [9.17, 15) is 13.2 Å². The van der Waals surface area contributed by atoms with Crippen LogP contribution >= 0.6 is 0 Å². The summed E-state index contributed by atoms with van der Waals surface area (Å²) in [6.07, 6.45) is 4.20. The minimum atomic E-state index is -3.23. The van der Waals surface area contributed by atoms with Crippen LogP contribution in [0.2, 0.25) is 0 Å². The molecule has 0 aromatic carbocycles. The monoisotopic (exact) mass is 308 g/mol. The predicted octanol–water partition coefficient (Wildman–Crippen LogP) is 0.251. The van der Waals surface area contributed by atoms with E-state index in [0.717, 1.165) is 11.6 Å². The molecule has 2 aromatic rings. The zero-order valence-electron chi connectivity index (χ0n) is 11.8. The lowest BCUT2D eigenvalue weighted by Gasteiger charge is -2.14. The highest BCUT2D eigenvalue weighted by Crippen LogP contribution is 2.10. The number of amides is 1. The maximum Gasteiger partial charge on any atom is 0.252 e. The van der Waals surface area contributed by atoms with E-state index in [1.165, 1.54) is 17.5 Å². The number of carbonyl (C=O) groups excluding carboxylic acids is 1. The maximum absolute atomic E-state index is 12.0. The van der Waals surface area contributed by atoms with E-state index in [2.05, 4.69) is 15.3 Å². The lowest BCUT2D eigenvalue weighted by atomic mass is 10.2. The molecule has 0 aliphatic rings. The number of hydrogen-bond acceptors (Lipinski definition) is 5. The normalized spacial score (nSPS) is 11.8. The number of hydrogen-bond donors (Lipinski definition) is 1. The van der Waals surface area contributed by atoms with Gasteiger partial charge in [-0.15, -0.1) is 0 Å². The van der Waals surface area contributed by atoms with Gasteiger partial charge in [0, 0.05) is 37.9 Å². The van der Waals surface area contributed by atoms with Crippen LogP contribution in [0.15, 0.2) is 30.6 Å². The van der Waals surface area contributed by atoms with E-state index in [-0.39, 0.29) is 19.0 Å². The fourth-order valence-corrected chi connectivity index (χ4v) is 2.11. The summed E-state index contributed by atoms with van der Waals surface area (Å²) in [7, 11) is -1.77. The van der Waals surface area contributed by atoms with Gasteiger partial charge in [0.05, 0.1) is 11.8 Å². The molecule has 1 amide bonds. The van der Waals surface area contributed by atoms with Crippen LogP contribution < -0.4 is 5.32 Å². The predicted molar refractivity (Wildman–Crippen MR) is 79.3 cm³/mol. The van der Waals surface area contributed by atoms with Gasteiger partial charge in [0.2, 0.25) is 10.0 Å². The van der Waals surface area contributed by atoms with Gasteiger partial charge < -0.3 is 5.32 Å². The molecule has 0 saturated heterocycles. The quantitative estimate of drug-likeness (QED) is 0.855. The molecule has 0 bridgehead atoms. The first-order valence-electron chi connectivity index (χ1n) is 6.28. The van der Waals surface area contributed by atoms with Crippen LogP contribution in [0.4, 0.5) is 0 Å². The van der Waals surface area contributed by atoms with Gasteiger partial charge in [-0.3, -0.25) is 4.79 Å². The average Bonchev–Trinajstić information content (AvgIpc) is 2.45. The minimum absolute atomic E-state index is 0.215. The Balaban J connectivity index is 1.99. The fourth-order valence-electron chi connectivity index (χ4n) is 1.68. The summed E-state index contributed by atoms with van der Waals surface area (Å²) in [6.45, 7) is 0.445. The molecule has 112 valence electrons. The summed E-state index contributed by atoms with van der Waals surface area (Å²) in [5.74, 6) is -0.296. The third-order valence-electron chi connectivity index (χ3n) is 2.99. The van der Waals surface area contributed by atoms with Gasteiger partial charge in [0.15, 0.2) is 5.65 Å². The molecular weight excluding hydrogens is 292 g/mol. The molecule has 0 aliphatic carbocycles. The topological polar surface area (TPSA) is 92.3 Å². The second kappa shape index (κ2) is 6.15. The fraction of sp³-hybridized carbons (Fsp3) is 0.308. The molecule has 0 atom stereocenters. The van der Waals surface area contributed by atoms with Gasteiger partial charge in [-0.25, -0.2) is 22.7 Å². The lowest BCUT2D eigenvalue weighted by Crippen LogP contribution is -2.35. The molecule has 2 rings (SSSR count). The van der Waals surface area contributed by atoms with Gasteiger partial charge in [-0.2, -0.15) is 0 Å². The summed E-state index contributed by atoms with van der Waals surface area (Å²) in [5.41, 5.74) is 0.989. The number of likely N-dealkylation sites (N-methyl/N-ethyl adjacent to an activating group) is 1. The molecule has 0 saturated carbocycles. The lowest BCUT2D eigenvalue weighted by molar-refractivity contribution is 0.0952. The van der Waals surface area contributed by atoms with Crippen molar-refractivity contribution in [2.24, 2.45) is 0 Å². The number of sulfonamides is 1. The Kier molecular flexibility index (Phi) is 4.49. The van der Waals surface area contributed by atoms with Crippen LogP contribution in [0.5, 0.6) is 0 Å². The van der Waals surface area contributed by atoms with Crippen molar-refractivity contribution in [3.63, 3.8) is 0 Å². The molecule has 8 heteroatoms. The highest BCUT2D eigenvalue weighted by Gasteiger charge is 2.12. The van der Waals surface area contributed by atoms with Crippen LogP contribution in [-0.2, 0) is 10.0 Å². The highest BCUT2D eigenvalue weighted by molar-refractivity contribution is 7.88. The van der Waals surface area contributed by atoms with Crippen molar-refractivity contribution in [1.82, 2.24) is 19.6 Å². The summed E-state index contributed by atoms with van der Waals surface area (Å²) >= 11 is 0. The van der Waals surface area contributed by atoms with E-state index >= 15 is 0 Å². The molecule has 1 N–H and O–H groups in total. The van der Waals surface area contributed by atoms with E-state index < -0.39 is 10.0 Å². The summed E-state index contributed by atoms with van der Waals surface area (Å²) in [4.78, 5) is 20.2. The van der Waals surface area contributed by atoms with E-state index in [0.29, 0.717) is 11.2 Å². The standard InChI is InChI=1S/C13H16N4O3S/c1-17(21(2,19)20)7-6-15-13(18)11-8-10-4-3-5-14-12(10)16-9-11/h3-5,8-9H,6-7H2,1-2H3,(H,15,18). The molecule has 0 aliphatic heterocycles. The Labute approximate surface area is 123 Å². The molecule has 0 unspecified atom stereocenters. The molecule has 0 radical (unpaired) electrons. The van der Waals surface area contributed by atoms with Crippen molar-refractivity contribution >= 4 is 27.0 Å². The number of nitrogens with one attached hydrogen (secondary N) is 1.